The second-order valence-electron chi connectivity index (χ2n) is 7.80. The zero-order valence-corrected chi connectivity index (χ0v) is 19.7. The molecule has 2 aromatic heterocycles. The SMILES string of the molecule is COc1ccc(CC(=O)Nc2sc3c(c2-c2nc4ccccc4s2)CCCC3)c(OC)c1. The number of hydrogen-bond donors (Lipinski definition) is 1. The average Bonchev–Trinajstić information content (AvgIpc) is 3.39. The molecular formula is C25H24N2O3S2. The molecule has 0 atom stereocenters. The summed E-state index contributed by atoms with van der Waals surface area (Å²) >= 11 is 3.40. The molecule has 0 unspecified atom stereocenters. The fourth-order valence-corrected chi connectivity index (χ4v) is 6.62. The minimum Gasteiger partial charge on any atom is -0.497 e. The molecule has 0 spiro atoms. The molecule has 0 saturated heterocycles. The number of thiazole rings is 1. The summed E-state index contributed by atoms with van der Waals surface area (Å²) < 4.78 is 11.9. The maximum Gasteiger partial charge on any atom is 0.229 e. The number of hydrogen-bond acceptors (Lipinski definition) is 6. The fourth-order valence-electron chi connectivity index (χ4n) is 4.20. The van der Waals surface area contributed by atoms with E-state index in [0.29, 0.717) is 11.5 Å². The molecule has 0 fully saturated rings. The van der Waals surface area contributed by atoms with E-state index in [9.17, 15) is 4.79 Å². The molecule has 7 heteroatoms. The zero-order chi connectivity index (χ0) is 22.1. The molecule has 1 N–H and O–H groups in total. The van der Waals surface area contributed by atoms with Crippen LogP contribution < -0.4 is 14.8 Å². The lowest BCUT2D eigenvalue weighted by atomic mass is 9.95. The third-order valence-electron chi connectivity index (χ3n) is 5.78. The van der Waals surface area contributed by atoms with Crippen LogP contribution >= 0.6 is 22.7 Å². The maximum atomic E-state index is 13.1. The number of aromatic nitrogens is 1. The van der Waals surface area contributed by atoms with E-state index in [1.165, 1.54) is 28.0 Å². The number of benzene rings is 2. The largest absolute Gasteiger partial charge is 0.497 e. The van der Waals surface area contributed by atoms with Crippen molar-refractivity contribution in [3.8, 4) is 22.1 Å². The monoisotopic (exact) mass is 464 g/mol. The molecule has 164 valence electrons. The number of amides is 1. The van der Waals surface area contributed by atoms with Crippen LogP contribution in [0.5, 0.6) is 11.5 Å². The molecule has 5 nitrogen and oxygen atoms in total. The Morgan fingerprint density at radius 3 is 2.72 bits per heavy atom. The van der Waals surface area contributed by atoms with Crippen molar-refractivity contribution in [1.82, 2.24) is 4.98 Å². The molecule has 2 heterocycles. The highest BCUT2D eigenvalue weighted by Crippen LogP contribution is 2.46. The number of para-hydroxylation sites is 1. The highest BCUT2D eigenvalue weighted by molar-refractivity contribution is 7.22. The van der Waals surface area contributed by atoms with Crippen LogP contribution in [-0.2, 0) is 24.1 Å². The lowest BCUT2D eigenvalue weighted by Gasteiger charge is -2.12. The van der Waals surface area contributed by atoms with Gasteiger partial charge in [0, 0.05) is 22.1 Å². The number of anilines is 1. The second-order valence-corrected chi connectivity index (χ2v) is 9.94. The van der Waals surface area contributed by atoms with Gasteiger partial charge in [-0.2, -0.15) is 0 Å². The summed E-state index contributed by atoms with van der Waals surface area (Å²) in [5.41, 5.74) is 4.30. The van der Waals surface area contributed by atoms with E-state index in [0.717, 1.165) is 39.5 Å². The van der Waals surface area contributed by atoms with Crippen molar-refractivity contribution in [3.63, 3.8) is 0 Å². The third kappa shape index (κ3) is 3.98. The van der Waals surface area contributed by atoms with Crippen LogP contribution in [0.4, 0.5) is 5.00 Å². The van der Waals surface area contributed by atoms with Crippen LogP contribution in [0.25, 0.3) is 20.8 Å². The highest BCUT2D eigenvalue weighted by atomic mass is 32.1. The quantitative estimate of drug-likeness (QED) is 0.374. The van der Waals surface area contributed by atoms with E-state index in [2.05, 4.69) is 11.4 Å². The fraction of sp³-hybridized carbons (Fsp3) is 0.280. The number of methoxy groups -OCH3 is 2. The average molecular weight is 465 g/mol. The first-order chi connectivity index (χ1) is 15.7. The Bertz CT molecular complexity index is 1260. The molecule has 5 rings (SSSR count). The van der Waals surface area contributed by atoms with Crippen molar-refractivity contribution in [2.24, 2.45) is 0 Å². The number of nitrogens with zero attached hydrogens (tertiary/aromatic N) is 1. The first kappa shape index (κ1) is 21.0. The first-order valence-corrected chi connectivity index (χ1v) is 12.3. The number of nitrogens with one attached hydrogen (secondary N) is 1. The molecular weight excluding hydrogens is 440 g/mol. The Balaban J connectivity index is 1.47. The Labute approximate surface area is 195 Å². The molecule has 0 aliphatic heterocycles. The molecule has 32 heavy (non-hydrogen) atoms. The minimum absolute atomic E-state index is 0.0607. The van der Waals surface area contributed by atoms with Crippen LogP contribution in [0, 0.1) is 0 Å². The van der Waals surface area contributed by atoms with Gasteiger partial charge in [-0.05, 0) is 49.4 Å². The van der Waals surface area contributed by atoms with Gasteiger partial charge < -0.3 is 14.8 Å². The summed E-state index contributed by atoms with van der Waals surface area (Å²) in [5, 5.41) is 5.10. The van der Waals surface area contributed by atoms with E-state index in [4.69, 9.17) is 14.5 Å². The van der Waals surface area contributed by atoms with E-state index >= 15 is 0 Å². The van der Waals surface area contributed by atoms with Gasteiger partial charge in [-0.1, -0.05) is 18.2 Å². The van der Waals surface area contributed by atoms with E-state index in [1.54, 1.807) is 43.0 Å². The molecule has 0 bridgehead atoms. The summed E-state index contributed by atoms with van der Waals surface area (Å²) in [7, 11) is 3.22. The van der Waals surface area contributed by atoms with Crippen molar-refractivity contribution in [2.75, 3.05) is 19.5 Å². The number of ether oxygens (including phenoxy) is 2. The smallest absolute Gasteiger partial charge is 0.229 e. The van der Waals surface area contributed by atoms with E-state index < -0.39 is 0 Å². The summed E-state index contributed by atoms with van der Waals surface area (Å²) in [5.74, 6) is 1.29. The lowest BCUT2D eigenvalue weighted by molar-refractivity contribution is -0.115. The summed E-state index contributed by atoms with van der Waals surface area (Å²) in [4.78, 5) is 19.3. The van der Waals surface area contributed by atoms with Crippen LogP contribution in [0.15, 0.2) is 42.5 Å². The maximum absolute atomic E-state index is 13.1. The van der Waals surface area contributed by atoms with Crippen molar-refractivity contribution < 1.29 is 14.3 Å². The predicted octanol–water partition coefficient (Wildman–Crippen LogP) is 6.10. The van der Waals surface area contributed by atoms with E-state index in [-0.39, 0.29) is 12.3 Å². The van der Waals surface area contributed by atoms with Gasteiger partial charge in [0.1, 0.15) is 21.5 Å². The number of aryl methyl sites for hydroxylation is 1. The molecule has 2 aromatic carbocycles. The molecule has 0 saturated carbocycles. The van der Waals surface area contributed by atoms with Gasteiger partial charge in [-0.25, -0.2) is 4.98 Å². The number of fused-ring (bicyclic) bond motifs is 2. The number of carbonyl (C=O) groups excluding carboxylic acids is 1. The lowest BCUT2D eigenvalue weighted by Crippen LogP contribution is -2.14. The van der Waals surface area contributed by atoms with Crippen molar-refractivity contribution in [1.29, 1.82) is 0 Å². The third-order valence-corrected chi connectivity index (χ3v) is 8.04. The number of carbonyl (C=O) groups is 1. The van der Waals surface area contributed by atoms with Crippen LogP contribution in [-0.4, -0.2) is 25.1 Å². The standard InChI is InChI=1S/C25H24N2O3S2/c1-29-16-12-11-15(19(14-16)30-2)13-22(28)27-25-23(17-7-3-5-9-20(17)31-25)24-26-18-8-4-6-10-21(18)32-24/h4,6,8,10-12,14H,3,5,7,9,13H2,1-2H3,(H,27,28). The van der Waals surface area contributed by atoms with E-state index in [1.807, 2.05) is 30.3 Å². The van der Waals surface area contributed by atoms with Gasteiger partial charge >= 0.3 is 0 Å². The first-order valence-electron chi connectivity index (χ1n) is 10.7. The minimum atomic E-state index is -0.0607. The molecule has 4 aromatic rings. The number of rotatable bonds is 6. The second kappa shape index (κ2) is 8.92. The summed E-state index contributed by atoms with van der Waals surface area (Å²) in [6.45, 7) is 0. The van der Waals surface area contributed by atoms with Gasteiger partial charge in [0.25, 0.3) is 0 Å². The van der Waals surface area contributed by atoms with Crippen LogP contribution in [0.2, 0.25) is 0 Å². The Morgan fingerprint density at radius 2 is 1.91 bits per heavy atom. The Morgan fingerprint density at radius 1 is 1.06 bits per heavy atom. The van der Waals surface area contributed by atoms with Gasteiger partial charge in [-0.15, -0.1) is 22.7 Å². The van der Waals surface area contributed by atoms with Gasteiger partial charge in [-0.3, -0.25) is 4.79 Å². The molecule has 0 radical (unpaired) electrons. The predicted molar refractivity (Wildman–Crippen MR) is 131 cm³/mol. The van der Waals surface area contributed by atoms with Crippen molar-refractivity contribution in [2.45, 2.75) is 32.1 Å². The normalized spacial score (nSPS) is 13.1. The highest BCUT2D eigenvalue weighted by Gasteiger charge is 2.25. The molecule has 1 aliphatic rings. The zero-order valence-electron chi connectivity index (χ0n) is 18.1. The van der Waals surface area contributed by atoms with Crippen molar-refractivity contribution >= 4 is 43.8 Å². The summed E-state index contributed by atoms with van der Waals surface area (Å²) in [6, 6.07) is 13.7. The van der Waals surface area contributed by atoms with Gasteiger partial charge in [0.2, 0.25) is 5.91 Å². The van der Waals surface area contributed by atoms with Gasteiger partial charge in [0.15, 0.2) is 0 Å². The van der Waals surface area contributed by atoms with Crippen LogP contribution in [0.3, 0.4) is 0 Å². The van der Waals surface area contributed by atoms with Crippen molar-refractivity contribution in [3.05, 3.63) is 58.5 Å². The molecule has 1 aliphatic carbocycles. The number of thiophene rings is 1. The molecule has 1 amide bonds. The topological polar surface area (TPSA) is 60.5 Å². The Hall–Kier alpha value is -2.90. The Kier molecular flexibility index (Phi) is 5.85. The van der Waals surface area contributed by atoms with Gasteiger partial charge in [0.05, 0.1) is 30.9 Å². The summed E-state index contributed by atoms with van der Waals surface area (Å²) in [6.07, 6.45) is 4.72. The van der Waals surface area contributed by atoms with Crippen LogP contribution in [0.1, 0.15) is 28.8 Å².